The van der Waals surface area contributed by atoms with Gasteiger partial charge in [0.2, 0.25) is 0 Å². The predicted octanol–water partition coefficient (Wildman–Crippen LogP) is 2.86. The normalized spacial score (nSPS) is 36.8. The molecule has 3 rings (SSSR count). The Morgan fingerprint density at radius 1 is 1.18 bits per heavy atom. The smallest absolute Gasteiger partial charge is 0.0840 e. The monoisotopic (exact) mass is 232 g/mol. The van der Waals surface area contributed by atoms with Gasteiger partial charge in [-0.2, -0.15) is 0 Å². The van der Waals surface area contributed by atoms with Crippen LogP contribution >= 0.6 is 0 Å². The Labute approximate surface area is 103 Å². The molecular formula is C15H20O2. The Kier molecular flexibility index (Phi) is 2.93. The van der Waals surface area contributed by atoms with E-state index in [0.717, 1.165) is 19.3 Å². The van der Waals surface area contributed by atoms with Crippen LogP contribution in [0.5, 0.6) is 0 Å². The van der Waals surface area contributed by atoms with E-state index in [9.17, 15) is 0 Å². The molecule has 92 valence electrons. The molecule has 2 heteroatoms. The lowest BCUT2D eigenvalue weighted by Crippen LogP contribution is -2.53. The molecule has 2 aliphatic rings. The van der Waals surface area contributed by atoms with E-state index in [0.29, 0.717) is 5.92 Å². The maximum atomic E-state index is 9.01. The van der Waals surface area contributed by atoms with Crippen LogP contribution in [-0.2, 0) is 4.74 Å². The summed E-state index contributed by atoms with van der Waals surface area (Å²) in [5, 5.41) is 9.01. The molecule has 1 aliphatic carbocycles. The van der Waals surface area contributed by atoms with E-state index in [1.165, 1.54) is 18.4 Å². The molecule has 1 N–H and O–H groups in total. The van der Waals surface area contributed by atoms with Crippen LogP contribution in [0.3, 0.4) is 0 Å². The van der Waals surface area contributed by atoms with E-state index in [4.69, 9.17) is 9.84 Å². The molecule has 1 saturated carbocycles. The average molecular weight is 232 g/mol. The molecule has 0 radical (unpaired) electrons. The molecule has 1 aromatic carbocycles. The highest BCUT2D eigenvalue weighted by atomic mass is 16.5. The van der Waals surface area contributed by atoms with Crippen LogP contribution in [0, 0.1) is 0 Å². The molecule has 1 aromatic rings. The molecule has 2 nitrogen and oxygen atoms in total. The van der Waals surface area contributed by atoms with Gasteiger partial charge in [0.1, 0.15) is 0 Å². The molecule has 2 fully saturated rings. The van der Waals surface area contributed by atoms with Gasteiger partial charge in [-0.15, -0.1) is 0 Å². The highest BCUT2D eigenvalue weighted by Gasteiger charge is 2.47. The van der Waals surface area contributed by atoms with Gasteiger partial charge in [-0.25, -0.2) is 0 Å². The van der Waals surface area contributed by atoms with Crippen molar-refractivity contribution in [2.24, 2.45) is 0 Å². The SMILES string of the molecule is OCC1CC2(CCC(c3ccccc3)CC2)O1. The summed E-state index contributed by atoms with van der Waals surface area (Å²) in [7, 11) is 0. The lowest BCUT2D eigenvalue weighted by Gasteiger charge is -2.51. The highest BCUT2D eigenvalue weighted by molar-refractivity contribution is 5.20. The van der Waals surface area contributed by atoms with Crippen LogP contribution in [-0.4, -0.2) is 23.4 Å². The number of aliphatic hydroxyl groups excluding tert-OH is 1. The van der Waals surface area contributed by atoms with Crippen molar-refractivity contribution >= 4 is 0 Å². The summed E-state index contributed by atoms with van der Waals surface area (Å²) in [6, 6.07) is 10.8. The third kappa shape index (κ3) is 2.12. The minimum atomic E-state index is 0.114. The predicted molar refractivity (Wildman–Crippen MR) is 67.0 cm³/mol. The second-order valence-electron chi connectivity index (χ2n) is 5.49. The molecule has 0 bridgehead atoms. The summed E-state index contributed by atoms with van der Waals surface area (Å²) < 4.78 is 5.85. The van der Waals surface area contributed by atoms with Gasteiger partial charge in [-0.1, -0.05) is 30.3 Å². The van der Waals surface area contributed by atoms with Crippen molar-refractivity contribution < 1.29 is 9.84 Å². The number of rotatable bonds is 2. The molecule has 0 amide bonds. The Hall–Kier alpha value is -0.860. The minimum absolute atomic E-state index is 0.114. The maximum absolute atomic E-state index is 9.01. The standard InChI is InChI=1S/C15H20O2/c16-11-14-10-15(17-14)8-6-13(7-9-15)12-4-2-1-3-5-12/h1-5,13-14,16H,6-11H2. The van der Waals surface area contributed by atoms with Crippen molar-refractivity contribution in [3.8, 4) is 0 Å². The third-order valence-electron chi connectivity index (χ3n) is 4.39. The summed E-state index contributed by atoms with van der Waals surface area (Å²) in [5.41, 5.74) is 1.60. The van der Waals surface area contributed by atoms with Crippen molar-refractivity contribution in [2.45, 2.75) is 49.7 Å². The Morgan fingerprint density at radius 3 is 2.41 bits per heavy atom. The fourth-order valence-electron chi connectivity index (χ4n) is 3.39. The summed E-state index contributed by atoms with van der Waals surface area (Å²) in [4.78, 5) is 0. The first kappa shape index (κ1) is 11.2. The molecule has 1 aliphatic heterocycles. The molecule has 17 heavy (non-hydrogen) atoms. The van der Waals surface area contributed by atoms with E-state index in [1.807, 2.05) is 0 Å². The van der Waals surface area contributed by atoms with Gasteiger partial charge < -0.3 is 9.84 Å². The van der Waals surface area contributed by atoms with Crippen LogP contribution in [0.15, 0.2) is 30.3 Å². The molecular weight excluding hydrogens is 212 g/mol. The van der Waals surface area contributed by atoms with Gasteiger partial charge in [-0.3, -0.25) is 0 Å². The maximum Gasteiger partial charge on any atom is 0.0840 e. The second-order valence-corrected chi connectivity index (χ2v) is 5.49. The highest BCUT2D eigenvalue weighted by Crippen LogP contribution is 2.47. The first-order chi connectivity index (χ1) is 8.31. The van der Waals surface area contributed by atoms with Gasteiger partial charge in [-0.05, 0) is 37.2 Å². The first-order valence-electron chi connectivity index (χ1n) is 6.65. The van der Waals surface area contributed by atoms with Gasteiger partial charge in [0.15, 0.2) is 0 Å². The number of hydrogen-bond donors (Lipinski definition) is 1. The number of aliphatic hydroxyl groups is 1. The Balaban J connectivity index is 1.58. The average Bonchev–Trinajstić information content (AvgIpc) is 2.37. The topological polar surface area (TPSA) is 29.5 Å². The molecule has 1 heterocycles. The van der Waals surface area contributed by atoms with Crippen LogP contribution in [0.4, 0.5) is 0 Å². The van der Waals surface area contributed by atoms with Crippen LogP contribution in [0.2, 0.25) is 0 Å². The largest absolute Gasteiger partial charge is 0.394 e. The van der Waals surface area contributed by atoms with Gasteiger partial charge in [0.25, 0.3) is 0 Å². The van der Waals surface area contributed by atoms with E-state index in [-0.39, 0.29) is 18.3 Å². The Morgan fingerprint density at radius 2 is 1.82 bits per heavy atom. The van der Waals surface area contributed by atoms with Crippen molar-refractivity contribution in [1.29, 1.82) is 0 Å². The van der Waals surface area contributed by atoms with Crippen molar-refractivity contribution in [3.63, 3.8) is 0 Å². The van der Waals surface area contributed by atoms with Crippen LogP contribution in [0.25, 0.3) is 0 Å². The third-order valence-corrected chi connectivity index (χ3v) is 4.39. The van der Waals surface area contributed by atoms with Crippen molar-refractivity contribution in [3.05, 3.63) is 35.9 Å². The second kappa shape index (κ2) is 4.43. The first-order valence-corrected chi connectivity index (χ1v) is 6.65. The lowest BCUT2D eigenvalue weighted by molar-refractivity contribution is -0.231. The zero-order valence-electron chi connectivity index (χ0n) is 10.1. The fourth-order valence-corrected chi connectivity index (χ4v) is 3.39. The fraction of sp³-hybridized carbons (Fsp3) is 0.600. The van der Waals surface area contributed by atoms with Crippen LogP contribution in [0.1, 0.15) is 43.6 Å². The van der Waals surface area contributed by atoms with Gasteiger partial charge in [0, 0.05) is 6.42 Å². The van der Waals surface area contributed by atoms with E-state index < -0.39 is 0 Å². The molecule has 1 spiro atoms. The van der Waals surface area contributed by atoms with E-state index >= 15 is 0 Å². The zero-order valence-corrected chi connectivity index (χ0v) is 10.1. The number of ether oxygens (including phenoxy) is 1. The number of hydrogen-bond acceptors (Lipinski definition) is 2. The quantitative estimate of drug-likeness (QED) is 0.849. The Bertz CT molecular complexity index is 358. The molecule has 0 aromatic heterocycles. The summed E-state index contributed by atoms with van der Waals surface area (Å²) in [6.07, 6.45) is 5.94. The van der Waals surface area contributed by atoms with Gasteiger partial charge >= 0.3 is 0 Å². The summed E-state index contributed by atoms with van der Waals surface area (Å²) in [5.74, 6) is 0.707. The molecule has 1 atom stereocenters. The number of benzene rings is 1. The minimum Gasteiger partial charge on any atom is -0.394 e. The zero-order chi connectivity index (χ0) is 11.7. The lowest BCUT2D eigenvalue weighted by atomic mass is 9.71. The van der Waals surface area contributed by atoms with Crippen molar-refractivity contribution in [2.75, 3.05) is 6.61 Å². The van der Waals surface area contributed by atoms with Crippen molar-refractivity contribution in [1.82, 2.24) is 0 Å². The summed E-state index contributed by atoms with van der Waals surface area (Å²) >= 11 is 0. The summed E-state index contributed by atoms with van der Waals surface area (Å²) in [6.45, 7) is 0.184. The van der Waals surface area contributed by atoms with E-state index in [1.54, 1.807) is 0 Å². The van der Waals surface area contributed by atoms with Gasteiger partial charge in [0.05, 0.1) is 18.3 Å². The van der Waals surface area contributed by atoms with Crippen LogP contribution < -0.4 is 0 Å². The molecule has 1 unspecified atom stereocenters. The molecule has 1 saturated heterocycles. The van der Waals surface area contributed by atoms with E-state index in [2.05, 4.69) is 30.3 Å².